The van der Waals surface area contributed by atoms with Gasteiger partial charge in [0, 0.05) is 10.7 Å². The molecule has 0 aliphatic heterocycles. The monoisotopic (exact) mass is 333 g/mol. The summed E-state index contributed by atoms with van der Waals surface area (Å²) in [5.74, 6) is 0.939. The maximum absolute atomic E-state index is 11.7. The number of hydrogen-bond acceptors (Lipinski definition) is 5. The molecule has 0 bridgehead atoms. The first-order valence-electron chi connectivity index (χ1n) is 5.63. The number of aromatic nitrogens is 1. The number of pyridine rings is 1. The molecule has 0 saturated heterocycles. The first-order valence-corrected chi connectivity index (χ1v) is 7.82. The first-order chi connectivity index (χ1) is 8.69. The standard InChI is InChI=1S/C12H16BrNO3S/c1-3-16-12(15)10-7-9(13)8-14-11(10)17-5-4-6-18-2/h7-8H,3-6H2,1-2H3. The number of hydrogen-bond donors (Lipinski definition) is 0. The fourth-order valence-electron chi connectivity index (χ4n) is 1.27. The zero-order valence-corrected chi connectivity index (χ0v) is 12.8. The molecule has 6 heteroatoms. The summed E-state index contributed by atoms with van der Waals surface area (Å²) in [5, 5.41) is 0. The third-order valence-electron chi connectivity index (χ3n) is 2.04. The summed E-state index contributed by atoms with van der Waals surface area (Å²) in [6.07, 6.45) is 4.57. The van der Waals surface area contributed by atoms with Crippen molar-refractivity contribution in [1.82, 2.24) is 4.98 Å². The van der Waals surface area contributed by atoms with Crippen molar-refractivity contribution in [2.75, 3.05) is 25.2 Å². The van der Waals surface area contributed by atoms with Crippen LogP contribution in [0.15, 0.2) is 16.7 Å². The van der Waals surface area contributed by atoms with Crippen molar-refractivity contribution in [2.24, 2.45) is 0 Å². The summed E-state index contributed by atoms with van der Waals surface area (Å²) in [6, 6.07) is 1.66. The maximum atomic E-state index is 11.7. The van der Waals surface area contributed by atoms with Gasteiger partial charge in [0.2, 0.25) is 5.88 Å². The van der Waals surface area contributed by atoms with E-state index in [1.165, 1.54) is 0 Å². The van der Waals surface area contributed by atoms with Gasteiger partial charge in [-0.25, -0.2) is 9.78 Å². The molecule has 1 rings (SSSR count). The lowest BCUT2D eigenvalue weighted by molar-refractivity contribution is 0.0520. The second-order valence-electron chi connectivity index (χ2n) is 3.42. The van der Waals surface area contributed by atoms with Gasteiger partial charge in [-0.05, 0) is 47.3 Å². The van der Waals surface area contributed by atoms with E-state index in [2.05, 4.69) is 20.9 Å². The molecule has 0 N–H and O–H groups in total. The van der Waals surface area contributed by atoms with E-state index < -0.39 is 5.97 Å². The lowest BCUT2D eigenvalue weighted by Crippen LogP contribution is -2.10. The summed E-state index contributed by atoms with van der Waals surface area (Å²) in [4.78, 5) is 15.8. The summed E-state index contributed by atoms with van der Waals surface area (Å²) in [5.41, 5.74) is 0.357. The highest BCUT2D eigenvalue weighted by molar-refractivity contribution is 9.10. The van der Waals surface area contributed by atoms with Gasteiger partial charge in [-0.3, -0.25) is 0 Å². The summed E-state index contributed by atoms with van der Waals surface area (Å²) in [7, 11) is 0. The van der Waals surface area contributed by atoms with Crippen molar-refractivity contribution in [3.8, 4) is 5.88 Å². The van der Waals surface area contributed by atoms with Crippen LogP contribution in [0.3, 0.4) is 0 Å². The third kappa shape index (κ3) is 4.86. The van der Waals surface area contributed by atoms with Crippen LogP contribution in [0.4, 0.5) is 0 Å². The lowest BCUT2D eigenvalue weighted by atomic mass is 10.3. The summed E-state index contributed by atoms with van der Waals surface area (Å²) < 4.78 is 11.2. The number of thioether (sulfide) groups is 1. The Bertz CT molecular complexity index is 401. The van der Waals surface area contributed by atoms with Gasteiger partial charge in [0.15, 0.2) is 0 Å². The molecule has 0 aromatic carbocycles. The van der Waals surface area contributed by atoms with Crippen molar-refractivity contribution in [1.29, 1.82) is 0 Å². The minimum atomic E-state index is -0.411. The largest absolute Gasteiger partial charge is 0.477 e. The zero-order chi connectivity index (χ0) is 13.4. The molecule has 0 fully saturated rings. The van der Waals surface area contributed by atoms with E-state index in [4.69, 9.17) is 9.47 Å². The van der Waals surface area contributed by atoms with Crippen LogP contribution < -0.4 is 4.74 Å². The van der Waals surface area contributed by atoms with Crippen molar-refractivity contribution in [3.05, 3.63) is 22.3 Å². The SMILES string of the molecule is CCOC(=O)c1cc(Br)cnc1OCCCSC. The quantitative estimate of drug-likeness (QED) is 0.566. The number of carbonyl (C=O) groups is 1. The molecule has 18 heavy (non-hydrogen) atoms. The molecule has 1 aromatic heterocycles. The smallest absolute Gasteiger partial charge is 0.343 e. The minimum Gasteiger partial charge on any atom is -0.477 e. The predicted molar refractivity (Wildman–Crippen MR) is 76.4 cm³/mol. The van der Waals surface area contributed by atoms with Gasteiger partial charge in [-0.1, -0.05) is 0 Å². The molecule has 0 amide bonds. The van der Waals surface area contributed by atoms with Crippen LogP contribution in [-0.4, -0.2) is 36.2 Å². The molecule has 0 atom stereocenters. The second kappa shape index (κ2) is 8.37. The van der Waals surface area contributed by atoms with Gasteiger partial charge >= 0.3 is 5.97 Å². The Labute approximate surface area is 120 Å². The maximum Gasteiger partial charge on any atom is 0.343 e. The van der Waals surface area contributed by atoms with E-state index >= 15 is 0 Å². The molecule has 100 valence electrons. The molecular weight excluding hydrogens is 318 g/mol. The average Bonchev–Trinajstić information content (AvgIpc) is 2.36. The molecule has 0 radical (unpaired) electrons. The van der Waals surface area contributed by atoms with Crippen LogP contribution in [0.2, 0.25) is 0 Å². The van der Waals surface area contributed by atoms with E-state index in [1.54, 1.807) is 30.9 Å². The van der Waals surface area contributed by atoms with Crippen molar-refractivity contribution in [2.45, 2.75) is 13.3 Å². The Morgan fingerprint density at radius 2 is 2.33 bits per heavy atom. The van der Waals surface area contributed by atoms with Crippen LogP contribution in [0, 0.1) is 0 Å². The van der Waals surface area contributed by atoms with Crippen LogP contribution in [0.5, 0.6) is 5.88 Å². The number of carbonyl (C=O) groups excluding carboxylic acids is 1. The Balaban J connectivity index is 2.73. The number of rotatable bonds is 7. The number of ether oxygens (including phenoxy) is 2. The summed E-state index contributed by atoms with van der Waals surface area (Å²) >= 11 is 5.04. The zero-order valence-electron chi connectivity index (χ0n) is 10.4. The molecule has 0 spiro atoms. The molecule has 1 aromatic rings. The fourth-order valence-corrected chi connectivity index (χ4v) is 2.01. The first kappa shape index (κ1) is 15.3. The number of nitrogens with zero attached hydrogens (tertiary/aromatic N) is 1. The van der Waals surface area contributed by atoms with Crippen LogP contribution >= 0.6 is 27.7 Å². The van der Waals surface area contributed by atoms with Crippen molar-refractivity contribution < 1.29 is 14.3 Å². The molecule has 0 aliphatic rings. The Morgan fingerprint density at radius 3 is 3.00 bits per heavy atom. The number of esters is 1. The molecule has 1 heterocycles. The van der Waals surface area contributed by atoms with Gasteiger partial charge in [0.25, 0.3) is 0 Å². The van der Waals surface area contributed by atoms with E-state index in [-0.39, 0.29) is 0 Å². The van der Waals surface area contributed by atoms with Crippen LogP contribution in [-0.2, 0) is 4.74 Å². The molecule has 0 aliphatic carbocycles. The van der Waals surface area contributed by atoms with Crippen molar-refractivity contribution >= 4 is 33.7 Å². The highest BCUT2D eigenvalue weighted by Gasteiger charge is 2.15. The van der Waals surface area contributed by atoms with E-state index in [0.717, 1.165) is 16.6 Å². The van der Waals surface area contributed by atoms with Gasteiger partial charge in [0.05, 0.1) is 13.2 Å². The highest BCUT2D eigenvalue weighted by atomic mass is 79.9. The Kier molecular flexibility index (Phi) is 7.12. The average molecular weight is 334 g/mol. The van der Waals surface area contributed by atoms with Gasteiger partial charge < -0.3 is 9.47 Å². The third-order valence-corrected chi connectivity index (χ3v) is 3.18. The van der Waals surface area contributed by atoms with E-state index in [1.807, 2.05) is 6.26 Å². The Hall–Kier alpha value is -0.750. The van der Waals surface area contributed by atoms with Crippen molar-refractivity contribution in [3.63, 3.8) is 0 Å². The van der Waals surface area contributed by atoms with Gasteiger partial charge in [-0.15, -0.1) is 0 Å². The minimum absolute atomic E-state index is 0.331. The second-order valence-corrected chi connectivity index (χ2v) is 5.32. The van der Waals surface area contributed by atoms with Gasteiger partial charge in [0.1, 0.15) is 5.56 Å². The predicted octanol–water partition coefficient (Wildman–Crippen LogP) is 3.15. The molecule has 4 nitrogen and oxygen atoms in total. The molecule has 0 unspecified atom stereocenters. The summed E-state index contributed by atoms with van der Waals surface area (Å²) in [6.45, 7) is 2.64. The highest BCUT2D eigenvalue weighted by Crippen LogP contribution is 2.21. The van der Waals surface area contributed by atoms with Gasteiger partial charge in [-0.2, -0.15) is 11.8 Å². The van der Waals surface area contributed by atoms with E-state index in [9.17, 15) is 4.79 Å². The fraction of sp³-hybridized carbons (Fsp3) is 0.500. The van der Waals surface area contributed by atoms with Crippen LogP contribution in [0.1, 0.15) is 23.7 Å². The normalized spacial score (nSPS) is 10.2. The van der Waals surface area contributed by atoms with Crippen LogP contribution in [0.25, 0.3) is 0 Å². The lowest BCUT2D eigenvalue weighted by Gasteiger charge is -2.09. The number of halogens is 1. The topological polar surface area (TPSA) is 48.4 Å². The van der Waals surface area contributed by atoms with E-state index in [0.29, 0.717) is 24.7 Å². The molecule has 0 saturated carbocycles. The molecular formula is C12H16BrNO3S. The Morgan fingerprint density at radius 1 is 1.56 bits per heavy atom.